The van der Waals surface area contributed by atoms with Crippen molar-refractivity contribution < 1.29 is 24.3 Å². The number of rotatable bonds is 4. The normalized spacial score (nSPS) is 16.0. The number of hydrogen-bond donors (Lipinski definition) is 2. The molecule has 0 saturated heterocycles. The standard InChI is InChI=1S/C13H15FN2O5/c1-13(2,19)11(14)6-15-5-7-3-9(16(20)21)10(17)4-8(7)12(15)18/h3-4,11,17,19H,5-6H2,1-2H3/t11-/m0/s1. The van der Waals surface area contributed by atoms with E-state index >= 15 is 0 Å². The molecule has 2 N–H and O–H groups in total. The summed E-state index contributed by atoms with van der Waals surface area (Å²) in [6.07, 6.45) is -1.65. The van der Waals surface area contributed by atoms with Crippen molar-refractivity contribution in [2.45, 2.75) is 32.2 Å². The molecule has 1 aliphatic rings. The predicted molar refractivity (Wildman–Crippen MR) is 70.7 cm³/mol. The number of alkyl halides is 1. The summed E-state index contributed by atoms with van der Waals surface area (Å²) in [6.45, 7) is 2.27. The molecule has 1 heterocycles. The van der Waals surface area contributed by atoms with Crippen LogP contribution in [0.15, 0.2) is 12.1 Å². The summed E-state index contributed by atoms with van der Waals surface area (Å²) < 4.78 is 13.8. The fourth-order valence-corrected chi connectivity index (χ4v) is 2.11. The highest BCUT2D eigenvalue weighted by Gasteiger charge is 2.36. The lowest BCUT2D eigenvalue weighted by molar-refractivity contribution is -0.385. The summed E-state index contributed by atoms with van der Waals surface area (Å²) in [6, 6.07) is 2.13. The Bertz CT molecular complexity index is 611. The number of amides is 1. The minimum Gasteiger partial charge on any atom is -0.502 e. The van der Waals surface area contributed by atoms with Crippen LogP contribution in [-0.2, 0) is 6.54 Å². The van der Waals surface area contributed by atoms with Crippen LogP contribution < -0.4 is 0 Å². The molecule has 1 aliphatic heterocycles. The summed E-state index contributed by atoms with van der Waals surface area (Å²) in [4.78, 5) is 23.2. The van der Waals surface area contributed by atoms with Crippen LogP contribution in [0.5, 0.6) is 5.75 Å². The van der Waals surface area contributed by atoms with Gasteiger partial charge in [-0.25, -0.2) is 4.39 Å². The first kappa shape index (κ1) is 15.2. The predicted octanol–water partition coefficient (Wildman–Crippen LogP) is 1.37. The lowest BCUT2D eigenvalue weighted by Crippen LogP contribution is -2.42. The molecule has 0 bridgehead atoms. The summed E-state index contributed by atoms with van der Waals surface area (Å²) in [5.74, 6) is -1.13. The average molecular weight is 298 g/mol. The van der Waals surface area contributed by atoms with Crippen molar-refractivity contribution in [2.75, 3.05) is 6.54 Å². The van der Waals surface area contributed by atoms with E-state index in [0.29, 0.717) is 5.56 Å². The molecule has 2 rings (SSSR count). The highest BCUT2D eigenvalue weighted by Crippen LogP contribution is 2.34. The van der Waals surface area contributed by atoms with Gasteiger partial charge in [0.05, 0.1) is 17.1 Å². The molecule has 114 valence electrons. The zero-order valence-corrected chi connectivity index (χ0v) is 11.5. The van der Waals surface area contributed by atoms with Crippen LogP contribution in [0.25, 0.3) is 0 Å². The van der Waals surface area contributed by atoms with E-state index in [1.54, 1.807) is 0 Å². The second kappa shape index (κ2) is 4.96. The van der Waals surface area contributed by atoms with Crippen molar-refractivity contribution in [3.63, 3.8) is 0 Å². The van der Waals surface area contributed by atoms with Crippen LogP contribution >= 0.6 is 0 Å². The molecule has 0 radical (unpaired) electrons. The van der Waals surface area contributed by atoms with Gasteiger partial charge < -0.3 is 15.1 Å². The molecule has 1 aromatic carbocycles. The third kappa shape index (κ3) is 2.80. The molecule has 0 saturated carbocycles. The number of carbonyl (C=O) groups excluding carboxylic acids is 1. The van der Waals surface area contributed by atoms with Crippen LogP contribution in [0.2, 0.25) is 0 Å². The Morgan fingerprint density at radius 3 is 2.67 bits per heavy atom. The van der Waals surface area contributed by atoms with Gasteiger partial charge in [0.1, 0.15) is 6.17 Å². The summed E-state index contributed by atoms with van der Waals surface area (Å²) in [5, 5.41) is 29.9. The molecule has 0 fully saturated rings. The quantitative estimate of drug-likeness (QED) is 0.645. The summed E-state index contributed by atoms with van der Waals surface area (Å²) in [5.41, 5.74) is -1.63. The Labute approximate surface area is 119 Å². The van der Waals surface area contributed by atoms with Gasteiger partial charge >= 0.3 is 5.69 Å². The molecule has 1 amide bonds. The molecule has 0 spiro atoms. The molecule has 0 aromatic heterocycles. The summed E-state index contributed by atoms with van der Waals surface area (Å²) >= 11 is 0. The Hall–Kier alpha value is -2.22. The number of nitro benzene ring substituents is 1. The van der Waals surface area contributed by atoms with Crippen LogP contribution in [-0.4, -0.2) is 44.3 Å². The highest BCUT2D eigenvalue weighted by atomic mass is 19.1. The lowest BCUT2D eigenvalue weighted by atomic mass is 10.0. The number of nitro groups is 1. The highest BCUT2D eigenvalue weighted by molar-refractivity contribution is 5.99. The molecule has 7 nitrogen and oxygen atoms in total. The smallest absolute Gasteiger partial charge is 0.311 e. The molecule has 0 aliphatic carbocycles. The molecule has 0 unspecified atom stereocenters. The number of carbonyl (C=O) groups is 1. The molecule has 1 aromatic rings. The third-order valence-corrected chi connectivity index (χ3v) is 3.42. The fraction of sp³-hybridized carbons (Fsp3) is 0.462. The topological polar surface area (TPSA) is 104 Å². The number of aliphatic hydroxyl groups is 1. The van der Waals surface area contributed by atoms with E-state index in [2.05, 4.69) is 0 Å². The van der Waals surface area contributed by atoms with Gasteiger partial charge in [0.2, 0.25) is 0 Å². The van der Waals surface area contributed by atoms with Crippen molar-refractivity contribution in [1.29, 1.82) is 0 Å². The fourth-order valence-electron chi connectivity index (χ4n) is 2.11. The minimum absolute atomic E-state index is 0.00574. The third-order valence-electron chi connectivity index (χ3n) is 3.42. The Morgan fingerprint density at radius 2 is 2.14 bits per heavy atom. The van der Waals surface area contributed by atoms with Crippen LogP contribution in [0, 0.1) is 10.1 Å². The van der Waals surface area contributed by atoms with Crippen molar-refractivity contribution >= 4 is 11.6 Å². The number of nitrogens with zero attached hydrogens (tertiary/aromatic N) is 2. The number of phenolic OH excluding ortho intramolecular Hbond substituents is 1. The first-order chi connectivity index (χ1) is 9.61. The maximum absolute atomic E-state index is 13.8. The van der Waals surface area contributed by atoms with Gasteiger partial charge in [0.15, 0.2) is 5.75 Å². The van der Waals surface area contributed by atoms with Gasteiger partial charge in [-0.05, 0) is 19.4 Å². The van der Waals surface area contributed by atoms with Gasteiger partial charge in [-0.1, -0.05) is 0 Å². The first-order valence-corrected chi connectivity index (χ1v) is 6.27. The Morgan fingerprint density at radius 1 is 1.52 bits per heavy atom. The molecular weight excluding hydrogens is 283 g/mol. The van der Waals surface area contributed by atoms with Crippen molar-refractivity contribution in [1.82, 2.24) is 4.90 Å². The number of hydrogen-bond acceptors (Lipinski definition) is 5. The van der Waals surface area contributed by atoms with E-state index in [1.807, 2.05) is 0 Å². The lowest BCUT2D eigenvalue weighted by Gasteiger charge is -2.26. The van der Waals surface area contributed by atoms with E-state index in [4.69, 9.17) is 0 Å². The second-order valence-corrected chi connectivity index (χ2v) is 5.56. The molecule has 1 atom stereocenters. The zero-order valence-electron chi connectivity index (χ0n) is 11.5. The van der Waals surface area contributed by atoms with Crippen molar-refractivity contribution in [2.24, 2.45) is 0 Å². The monoisotopic (exact) mass is 298 g/mol. The van der Waals surface area contributed by atoms with Crippen LogP contribution in [0.4, 0.5) is 10.1 Å². The number of halogens is 1. The van der Waals surface area contributed by atoms with Gasteiger partial charge in [-0.2, -0.15) is 0 Å². The van der Waals surface area contributed by atoms with E-state index in [9.17, 15) is 29.5 Å². The van der Waals surface area contributed by atoms with E-state index in [1.165, 1.54) is 13.8 Å². The van der Waals surface area contributed by atoms with Crippen molar-refractivity contribution in [3.8, 4) is 5.75 Å². The minimum atomic E-state index is -1.65. The molecule has 21 heavy (non-hydrogen) atoms. The van der Waals surface area contributed by atoms with Crippen molar-refractivity contribution in [3.05, 3.63) is 33.4 Å². The van der Waals surface area contributed by atoms with Crippen LogP contribution in [0.3, 0.4) is 0 Å². The second-order valence-electron chi connectivity index (χ2n) is 5.56. The van der Waals surface area contributed by atoms with E-state index < -0.39 is 34.0 Å². The van der Waals surface area contributed by atoms with Gasteiger partial charge in [0, 0.05) is 24.2 Å². The molecule has 8 heteroatoms. The van der Waals surface area contributed by atoms with E-state index in [-0.39, 0.29) is 18.7 Å². The maximum Gasteiger partial charge on any atom is 0.311 e. The zero-order chi connectivity index (χ0) is 15.9. The number of fused-ring (bicyclic) bond motifs is 1. The SMILES string of the molecule is CC(C)(O)[C@@H](F)CN1Cc2cc([N+](=O)[O-])c(O)cc2C1=O. The van der Waals surface area contributed by atoms with Crippen LogP contribution in [0.1, 0.15) is 29.8 Å². The van der Waals surface area contributed by atoms with E-state index in [0.717, 1.165) is 17.0 Å². The molecular formula is C13H15FN2O5. The van der Waals surface area contributed by atoms with Gasteiger partial charge in [-0.3, -0.25) is 14.9 Å². The van der Waals surface area contributed by atoms with Gasteiger partial charge in [-0.15, -0.1) is 0 Å². The average Bonchev–Trinajstić information content (AvgIpc) is 2.64. The Balaban J connectivity index is 2.26. The first-order valence-electron chi connectivity index (χ1n) is 6.27. The summed E-state index contributed by atoms with van der Waals surface area (Å²) in [7, 11) is 0. The maximum atomic E-state index is 13.8. The van der Waals surface area contributed by atoms with Gasteiger partial charge in [0.25, 0.3) is 5.91 Å². The number of phenols is 1. The largest absolute Gasteiger partial charge is 0.502 e. The number of benzene rings is 1. The Kier molecular flexibility index (Phi) is 3.58. The number of aromatic hydroxyl groups is 1.